The first-order valence-electron chi connectivity index (χ1n) is 8.23. The molecule has 1 saturated heterocycles. The summed E-state index contributed by atoms with van der Waals surface area (Å²) < 4.78 is 10.8. The van der Waals surface area contributed by atoms with Gasteiger partial charge in [0, 0.05) is 16.5 Å². The van der Waals surface area contributed by atoms with Crippen molar-refractivity contribution in [3.8, 4) is 0 Å². The molecule has 5 nitrogen and oxygen atoms in total. The van der Waals surface area contributed by atoms with Crippen molar-refractivity contribution >= 4 is 45.3 Å². The van der Waals surface area contributed by atoms with Crippen molar-refractivity contribution in [3.05, 3.63) is 34.9 Å². The number of ketones is 1. The third-order valence-electron chi connectivity index (χ3n) is 5.57. The predicted octanol–water partition coefficient (Wildman–Crippen LogP) is 3.03. The number of carbonyl (C=O) groups excluding carboxylic acids is 3. The summed E-state index contributed by atoms with van der Waals surface area (Å²) in [6, 6.07) is 6.51. The zero-order chi connectivity index (χ0) is 17.9. The third-order valence-corrected chi connectivity index (χ3v) is 7.00. The Labute approximate surface area is 158 Å². The highest BCUT2D eigenvalue weighted by molar-refractivity contribution is 9.09. The number of fused-ring (bicyclic) bond motifs is 1. The van der Waals surface area contributed by atoms with E-state index in [-0.39, 0.29) is 34.5 Å². The number of Topliss-reactive ketones (excluding diaryl/α,β-unsaturated/α-hetero) is 1. The lowest BCUT2D eigenvalue weighted by atomic mass is 9.80. The highest BCUT2D eigenvalue weighted by atomic mass is 79.9. The van der Waals surface area contributed by atoms with Gasteiger partial charge in [-0.1, -0.05) is 39.7 Å². The van der Waals surface area contributed by atoms with Crippen LogP contribution in [0.1, 0.15) is 23.7 Å². The fourth-order valence-electron chi connectivity index (χ4n) is 4.48. The number of carbonyl (C=O) groups is 3. The average molecular weight is 428 g/mol. The normalized spacial score (nSPS) is 36.2. The molecule has 1 aliphatic heterocycles. The Morgan fingerprint density at radius 3 is 2.84 bits per heavy atom. The predicted molar refractivity (Wildman–Crippen MR) is 92.5 cm³/mol. The standard InChI is InChI=1S/C18H16BrClO5/c1-7(15(21)8-3-2-4-9(20)5-8)24-17(22)12-10-6-11-13(12)18(23)25-16(11)14(10)19/h2-5,7,10-14,16H,6H2,1H3/t7-,10+,11+,12+,13-,14+,16-/m0/s1. The second-order valence-corrected chi connectivity index (χ2v) is 8.41. The van der Waals surface area contributed by atoms with E-state index >= 15 is 0 Å². The number of benzene rings is 1. The quantitative estimate of drug-likeness (QED) is 0.420. The Bertz CT molecular complexity index is 766. The summed E-state index contributed by atoms with van der Waals surface area (Å²) in [6.45, 7) is 1.54. The molecule has 2 saturated carbocycles. The van der Waals surface area contributed by atoms with Crippen LogP contribution in [0.2, 0.25) is 5.02 Å². The van der Waals surface area contributed by atoms with Gasteiger partial charge < -0.3 is 9.47 Å². The van der Waals surface area contributed by atoms with E-state index in [0.717, 1.165) is 6.42 Å². The van der Waals surface area contributed by atoms with E-state index < -0.39 is 23.9 Å². The van der Waals surface area contributed by atoms with Gasteiger partial charge in [-0.05, 0) is 31.4 Å². The first-order valence-corrected chi connectivity index (χ1v) is 9.52. The second kappa shape index (κ2) is 6.09. The number of hydrogen-bond acceptors (Lipinski definition) is 5. The molecule has 0 spiro atoms. The highest BCUT2D eigenvalue weighted by Crippen LogP contribution is 2.60. The van der Waals surface area contributed by atoms with Gasteiger partial charge >= 0.3 is 11.9 Å². The molecule has 132 valence electrons. The van der Waals surface area contributed by atoms with Gasteiger partial charge in [-0.3, -0.25) is 14.4 Å². The molecule has 3 aliphatic rings. The molecule has 1 heterocycles. The van der Waals surface area contributed by atoms with E-state index in [9.17, 15) is 14.4 Å². The van der Waals surface area contributed by atoms with E-state index in [1.54, 1.807) is 24.3 Å². The van der Waals surface area contributed by atoms with Crippen LogP contribution in [0.15, 0.2) is 24.3 Å². The first kappa shape index (κ1) is 17.0. The zero-order valence-electron chi connectivity index (χ0n) is 13.4. The van der Waals surface area contributed by atoms with Crippen LogP contribution in [0.3, 0.4) is 0 Å². The summed E-state index contributed by atoms with van der Waals surface area (Å²) in [6.07, 6.45) is -0.308. The number of halogens is 2. The van der Waals surface area contributed by atoms with E-state index in [1.807, 2.05) is 0 Å². The Morgan fingerprint density at radius 2 is 2.12 bits per heavy atom. The molecule has 1 aromatic carbocycles. The molecule has 0 amide bonds. The molecule has 0 unspecified atom stereocenters. The highest BCUT2D eigenvalue weighted by Gasteiger charge is 2.68. The lowest BCUT2D eigenvalue weighted by Gasteiger charge is -2.27. The van der Waals surface area contributed by atoms with E-state index in [2.05, 4.69) is 15.9 Å². The zero-order valence-corrected chi connectivity index (χ0v) is 15.7. The molecule has 1 aromatic rings. The SMILES string of the molecule is C[C@H](OC(=O)[C@@H]1[C@H]2C[C@H]3[C@H](OC(=O)[C@@H]31)[C@@H]2Br)C(=O)c1cccc(Cl)c1. The topological polar surface area (TPSA) is 69.7 Å². The number of rotatable bonds is 4. The third kappa shape index (κ3) is 2.61. The van der Waals surface area contributed by atoms with Crippen LogP contribution in [-0.2, 0) is 19.1 Å². The van der Waals surface area contributed by atoms with Crippen molar-refractivity contribution in [1.29, 1.82) is 0 Å². The van der Waals surface area contributed by atoms with Gasteiger partial charge in [0.05, 0.1) is 16.7 Å². The van der Waals surface area contributed by atoms with Crippen molar-refractivity contribution in [3.63, 3.8) is 0 Å². The maximum Gasteiger partial charge on any atom is 0.310 e. The van der Waals surface area contributed by atoms with Crippen LogP contribution < -0.4 is 0 Å². The Kier molecular flexibility index (Phi) is 4.15. The summed E-state index contributed by atoms with van der Waals surface area (Å²) in [4.78, 5) is 37.2. The minimum absolute atomic E-state index is 0.00687. The summed E-state index contributed by atoms with van der Waals surface area (Å²) in [7, 11) is 0. The smallest absolute Gasteiger partial charge is 0.310 e. The lowest BCUT2D eigenvalue weighted by molar-refractivity contribution is -0.157. The Hall–Kier alpha value is -1.40. The molecule has 0 N–H and O–H groups in total. The van der Waals surface area contributed by atoms with Crippen molar-refractivity contribution in [2.75, 3.05) is 0 Å². The number of ether oxygens (including phenoxy) is 2. The van der Waals surface area contributed by atoms with Crippen molar-refractivity contribution in [1.82, 2.24) is 0 Å². The van der Waals surface area contributed by atoms with Gasteiger partial charge in [0.15, 0.2) is 6.10 Å². The molecule has 0 radical (unpaired) electrons. The van der Waals surface area contributed by atoms with Crippen LogP contribution in [0, 0.1) is 23.7 Å². The molecule has 4 rings (SSSR count). The number of esters is 2. The van der Waals surface area contributed by atoms with Crippen LogP contribution in [0.25, 0.3) is 0 Å². The largest absolute Gasteiger partial charge is 0.461 e. The molecule has 7 heteroatoms. The second-order valence-electron chi connectivity index (χ2n) is 6.91. The fraction of sp³-hybridized carbons (Fsp3) is 0.500. The first-order chi connectivity index (χ1) is 11.9. The van der Waals surface area contributed by atoms with Crippen LogP contribution >= 0.6 is 27.5 Å². The lowest BCUT2D eigenvalue weighted by Crippen LogP contribution is -2.40. The van der Waals surface area contributed by atoms with Gasteiger partial charge in [-0.2, -0.15) is 0 Å². The minimum Gasteiger partial charge on any atom is -0.461 e. The van der Waals surface area contributed by atoms with Crippen molar-refractivity contribution in [2.24, 2.45) is 23.7 Å². The minimum atomic E-state index is -0.938. The molecule has 7 atom stereocenters. The van der Waals surface area contributed by atoms with Crippen LogP contribution in [0.4, 0.5) is 0 Å². The van der Waals surface area contributed by atoms with E-state index in [0.29, 0.717) is 10.6 Å². The molecular formula is C18H16BrClO5. The molecular weight excluding hydrogens is 412 g/mol. The summed E-state index contributed by atoms with van der Waals surface area (Å²) in [5, 5.41) is 0.444. The van der Waals surface area contributed by atoms with Crippen LogP contribution in [-0.4, -0.2) is 34.8 Å². The summed E-state index contributed by atoms with van der Waals surface area (Å²) in [5.74, 6) is -2.05. The molecule has 2 bridgehead atoms. The Balaban J connectivity index is 1.49. The molecule has 2 aliphatic carbocycles. The monoisotopic (exact) mass is 426 g/mol. The van der Waals surface area contributed by atoms with Gasteiger partial charge in [0.2, 0.25) is 5.78 Å². The van der Waals surface area contributed by atoms with Crippen LogP contribution in [0.5, 0.6) is 0 Å². The molecule has 0 aromatic heterocycles. The number of hydrogen-bond donors (Lipinski definition) is 0. The van der Waals surface area contributed by atoms with Gasteiger partial charge in [0.1, 0.15) is 6.10 Å². The number of alkyl halides is 1. The molecule has 3 fully saturated rings. The maximum atomic E-state index is 12.7. The average Bonchev–Trinajstić information content (AvgIpc) is 3.18. The van der Waals surface area contributed by atoms with Crippen molar-refractivity contribution < 1.29 is 23.9 Å². The summed E-state index contributed by atoms with van der Waals surface area (Å²) in [5.41, 5.74) is 0.388. The van der Waals surface area contributed by atoms with Gasteiger partial charge in [-0.25, -0.2) is 0 Å². The van der Waals surface area contributed by atoms with Gasteiger partial charge in [-0.15, -0.1) is 0 Å². The fourth-order valence-corrected chi connectivity index (χ4v) is 5.71. The Morgan fingerprint density at radius 1 is 1.36 bits per heavy atom. The van der Waals surface area contributed by atoms with E-state index in [1.165, 1.54) is 6.92 Å². The van der Waals surface area contributed by atoms with Crippen molar-refractivity contribution in [2.45, 2.75) is 30.4 Å². The maximum absolute atomic E-state index is 12.7. The molecule has 25 heavy (non-hydrogen) atoms. The summed E-state index contributed by atoms with van der Waals surface area (Å²) >= 11 is 9.46. The van der Waals surface area contributed by atoms with E-state index in [4.69, 9.17) is 21.1 Å². The van der Waals surface area contributed by atoms with Gasteiger partial charge in [0.25, 0.3) is 0 Å².